The molecular formula is C99H67N5O2. The zero-order valence-corrected chi connectivity index (χ0v) is 57.7. The summed E-state index contributed by atoms with van der Waals surface area (Å²) in [4.78, 5) is 25.4. The lowest BCUT2D eigenvalue weighted by Gasteiger charge is -2.42. The molecule has 7 heteroatoms. The summed E-state index contributed by atoms with van der Waals surface area (Å²) in [5.74, 6) is 4.73. The number of hydrogen-bond acceptors (Lipinski definition) is 7. The Labute approximate surface area is 616 Å². The first kappa shape index (κ1) is 64.1. The quantitative estimate of drug-likeness (QED) is 0.114. The van der Waals surface area contributed by atoms with E-state index in [1.807, 2.05) is 72.8 Å². The molecule has 0 atom stereocenters. The number of aromatic nitrogens is 5. The van der Waals surface area contributed by atoms with E-state index in [1.165, 1.54) is 22.3 Å². The van der Waals surface area contributed by atoms with Crippen LogP contribution in [-0.4, -0.2) is 24.9 Å². The highest BCUT2D eigenvalue weighted by atomic mass is 16.5. The van der Waals surface area contributed by atoms with Gasteiger partial charge in [-0.2, -0.15) is 0 Å². The van der Waals surface area contributed by atoms with Crippen LogP contribution >= 0.6 is 0 Å². The van der Waals surface area contributed by atoms with Crippen molar-refractivity contribution < 1.29 is 9.47 Å². The summed E-state index contributed by atoms with van der Waals surface area (Å²) in [6.07, 6.45) is 1.80. The predicted molar refractivity (Wildman–Crippen MR) is 428 cm³/mol. The van der Waals surface area contributed by atoms with Crippen molar-refractivity contribution >= 4 is 0 Å². The number of benzene rings is 14. The van der Waals surface area contributed by atoms with E-state index in [4.69, 9.17) is 29.4 Å². The maximum Gasteiger partial charge on any atom is 0.160 e. The standard InChI is InChI=1S/C53H36N2O.C46H31N3O/c1-4-19-37(20-5-1)42-27-10-11-29-44(42)49-36-48(38-21-6-2-7-22-38)54-52(55-49)40-24-18-23-39(35-40)43-28-12-13-30-45(43)53(41-25-8-3-9-26-41)46-31-14-16-33-50(46)56-51-34-17-15-32-47(51)53;1-3-16-32(17-4-1)41-31-42(40-26-13-14-29-47-40)49-45(48-41)34-19-15-18-33(30-34)36-22-7-8-23-37(36)46(35-20-5-2-6-21-35)38-24-9-11-27-43(38)50-44-28-12-10-25-39(44)46/h1-36H;1-31H. The van der Waals surface area contributed by atoms with E-state index < -0.39 is 10.8 Å². The van der Waals surface area contributed by atoms with Crippen LogP contribution in [0, 0.1) is 0 Å². The van der Waals surface area contributed by atoms with Crippen molar-refractivity contribution in [1.82, 2.24) is 24.9 Å². The lowest BCUT2D eigenvalue weighted by Crippen LogP contribution is -2.34. The van der Waals surface area contributed by atoms with Gasteiger partial charge in [-0.3, -0.25) is 4.98 Å². The molecule has 2 aliphatic heterocycles. The zero-order valence-electron chi connectivity index (χ0n) is 57.7. The number of nitrogens with zero attached hydrogens (tertiary/aromatic N) is 5. The molecule has 0 unspecified atom stereocenters. The minimum atomic E-state index is -0.655. The van der Waals surface area contributed by atoms with Gasteiger partial charge in [0, 0.05) is 56.3 Å². The average Bonchev–Trinajstić information content (AvgIpc) is 0.708. The summed E-state index contributed by atoms with van der Waals surface area (Å²) < 4.78 is 13.2. The number of fused-ring (bicyclic) bond motifs is 4. The Kier molecular flexibility index (Phi) is 17.0. The minimum absolute atomic E-state index is 0.644. The number of pyridine rings is 1. The Morgan fingerprint density at radius 3 is 0.925 bits per heavy atom. The molecule has 17 aromatic rings. The summed E-state index contributed by atoms with van der Waals surface area (Å²) in [7, 11) is 0. The molecule has 14 aromatic carbocycles. The second-order valence-corrected chi connectivity index (χ2v) is 26.5. The van der Waals surface area contributed by atoms with Crippen molar-refractivity contribution in [3.8, 4) is 124 Å². The van der Waals surface area contributed by atoms with Gasteiger partial charge in [0.05, 0.1) is 39.3 Å². The van der Waals surface area contributed by atoms with E-state index in [0.717, 1.165) is 135 Å². The van der Waals surface area contributed by atoms with Crippen LogP contribution in [0.5, 0.6) is 23.0 Å². The third kappa shape index (κ3) is 11.7. The van der Waals surface area contributed by atoms with Gasteiger partial charge in [-0.05, 0) is 116 Å². The van der Waals surface area contributed by atoms with Gasteiger partial charge >= 0.3 is 0 Å². The monoisotopic (exact) mass is 1360 g/mol. The van der Waals surface area contributed by atoms with E-state index in [1.54, 1.807) is 6.20 Å². The van der Waals surface area contributed by atoms with Crippen molar-refractivity contribution in [3.63, 3.8) is 0 Å². The van der Waals surface area contributed by atoms with Gasteiger partial charge in [0.25, 0.3) is 0 Å². The van der Waals surface area contributed by atoms with Crippen LogP contribution in [-0.2, 0) is 10.8 Å². The fourth-order valence-electron chi connectivity index (χ4n) is 15.7. The van der Waals surface area contributed by atoms with Gasteiger partial charge in [-0.25, -0.2) is 19.9 Å². The molecule has 0 aliphatic carbocycles. The van der Waals surface area contributed by atoms with Crippen molar-refractivity contribution in [2.24, 2.45) is 0 Å². The topological polar surface area (TPSA) is 82.9 Å². The highest BCUT2D eigenvalue weighted by Crippen LogP contribution is 2.59. The van der Waals surface area contributed by atoms with Gasteiger partial charge in [0.2, 0.25) is 0 Å². The molecule has 3 aromatic heterocycles. The first-order chi connectivity index (χ1) is 52.6. The Hall–Kier alpha value is -14.0. The molecule has 0 amide bonds. The Balaban J connectivity index is 0.000000151. The minimum Gasteiger partial charge on any atom is -0.457 e. The SMILES string of the molecule is c1ccc(-c2cc(-c3ccccc3-c3ccccc3)nc(-c3cccc(-c4ccccc4C4(c5ccccc5)c5ccccc5Oc5ccccc54)c3)n2)cc1.c1ccc(-c2cc(-c3ccccn3)nc(-c3cccc(-c4ccccc4C4(c5ccccc5)c5ccccc5Oc5ccccc54)c3)n2)cc1. The third-order valence-corrected chi connectivity index (χ3v) is 20.3. The molecule has 0 spiro atoms. The van der Waals surface area contributed by atoms with Crippen molar-refractivity contribution in [3.05, 3.63) is 451 Å². The smallest absolute Gasteiger partial charge is 0.160 e. The van der Waals surface area contributed by atoms with E-state index in [-0.39, 0.29) is 0 Å². The second kappa shape index (κ2) is 28.1. The molecule has 0 saturated carbocycles. The van der Waals surface area contributed by atoms with Crippen molar-refractivity contribution in [2.75, 3.05) is 0 Å². The van der Waals surface area contributed by atoms with Crippen molar-refractivity contribution in [2.45, 2.75) is 10.8 Å². The lowest BCUT2D eigenvalue weighted by atomic mass is 9.62. The normalized spacial score (nSPS) is 12.6. The summed E-state index contributed by atoms with van der Waals surface area (Å²) in [5, 5.41) is 0. The Morgan fingerprint density at radius 1 is 0.189 bits per heavy atom. The van der Waals surface area contributed by atoms with Crippen LogP contribution in [0.25, 0.3) is 101 Å². The van der Waals surface area contributed by atoms with Gasteiger partial charge < -0.3 is 9.47 Å². The molecule has 500 valence electrons. The summed E-state index contributed by atoms with van der Waals surface area (Å²) in [6, 6.07) is 140. The molecule has 0 fully saturated rings. The van der Waals surface area contributed by atoms with Crippen molar-refractivity contribution in [1.29, 1.82) is 0 Å². The lowest BCUT2D eigenvalue weighted by molar-refractivity contribution is 0.434. The summed E-state index contributed by atoms with van der Waals surface area (Å²) >= 11 is 0. The number of rotatable bonds is 13. The molecule has 0 saturated heterocycles. The van der Waals surface area contributed by atoms with Gasteiger partial charge in [0.15, 0.2) is 11.6 Å². The molecular weight excluding hydrogens is 1290 g/mol. The first-order valence-electron chi connectivity index (χ1n) is 35.8. The molecule has 19 rings (SSSR count). The summed E-state index contributed by atoms with van der Waals surface area (Å²) in [5.41, 5.74) is 23.6. The number of para-hydroxylation sites is 4. The van der Waals surface area contributed by atoms with E-state index in [0.29, 0.717) is 11.6 Å². The highest BCUT2D eigenvalue weighted by molar-refractivity contribution is 5.87. The molecule has 7 nitrogen and oxygen atoms in total. The first-order valence-corrected chi connectivity index (χ1v) is 35.8. The van der Waals surface area contributed by atoms with Crippen LogP contribution in [0.15, 0.2) is 407 Å². The number of ether oxygens (including phenoxy) is 2. The van der Waals surface area contributed by atoms with E-state index in [2.05, 4.69) is 333 Å². The molecule has 0 N–H and O–H groups in total. The van der Waals surface area contributed by atoms with E-state index in [9.17, 15) is 0 Å². The summed E-state index contributed by atoms with van der Waals surface area (Å²) in [6.45, 7) is 0. The average molecular weight is 1360 g/mol. The predicted octanol–water partition coefficient (Wildman–Crippen LogP) is 24.3. The molecule has 0 bridgehead atoms. The van der Waals surface area contributed by atoms with Gasteiger partial charge in [-0.15, -0.1) is 0 Å². The fraction of sp³-hybridized carbons (Fsp3) is 0.0202. The van der Waals surface area contributed by atoms with Crippen LogP contribution in [0.2, 0.25) is 0 Å². The largest absolute Gasteiger partial charge is 0.457 e. The molecule has 106 heavy (non-hydrogen) atoms. The second-order valence-electron chi connectivity index (χ2n) is 26.5. The molecule has 2 aliphatic rings. The van der Waals surface area contributed by atoms with Crippen LogP contribution in [0.1, 0.15) is 44.5 Å². The third-order valence-electron chi connectivity index (χ3n) is 20.3. The number of hydrogen-bond donors (Lipinski definition) is 0. The molecule has 0 radical (unpaired) electrons. The fourth-order valence-corrected chi connectivity index (χ4v) is 15.7. The van der Waals surface area contributed by atoms with Crippen LogP contribution in [0.3, 0.4) is 0 Å². The zero-order chi connectivity index (χ0) is 70.6. The van der Waals surface area contributed by atoms with Crippen LogP contribution < -0.4 is 9.47 Å². The molecule has 5 heterocycles. The maximum atomic E-state index is 6.61. The highest BCUT2D eigenvalue weighted by Gasteiger charge is 2.48. The maximum absolute atomic E-state index is 6.61. The Bertz CT molecular complexity index is 5890. The van der Waals surface area contributed by atoms with Crippen LogP contribution in [0.4, 0.5) is 0 Å². The van der Waals surface area contributed by atoms with Gasteiger partial charge in [0.1, 0.15) is 23.0 Å². The van der Waals surface area contributed by atoms with E-state index >= 15 is 0 Å². The van der Waals surface area contributed by atoms with Gasteiger partial charge in [-0.1, -0.05) is 340 Å². The Morgan fingerprint density at radius 2 is 0.500 bits per heavy atom.